The molecule has 0 aliphatic carbocycles. The van der Waals surface area contributed by atoms with Crippen molar-refractivity contribution in [1.29, 1.82) is 0 Å². The third kappa shape index (κ3) is 2.92. The van der Waals surface area contributed by atoms with Crippen molar-refractivity contribution < 1.29 is 9.50 Å². The second-order valence-electron chi connectivity index (χ2n) is 4.69. The molecule has 4 nitrogen and oxygen atoms in total. The summed E-state index contributed by atoms with van der Waals surface area (Å²) in [6, 6.07) is 1.32. The summed E-state index contributed by atoms with van der Waals surface area (Å²) in [7, 11) is 1.85. The van der Waals surface area contributed by atoms with Gasteiger partial charge in [0.05, 0.1) is 18.0 Å². The number of hydrogen-bond acceptors (Lipinski definition) is 3. The molecule has 0 saturated carbocycles. The lowest BCUT2D eigenvalue weighted by Crippen LogP contribution is -2.22. The van der Waals surface area contributed by atoms with E-state index in [9.17, 15) is 9.50 Å². The number of halogens is 1. The Morgan fingerprint density at radius 1 is 1.39 bits per heavy atom. The Balaban J connectivity index is 2.07. The van der Waals surface area contributed by atoms with Gasteiger partial charge >= 0.3 is 0 Å². The largest absolute Gasteiger partial charge is 0.385 e. The van der Waals surface area contributed by atoms with Crippen LogP contribution in [0, 0.1) is 5.82 Å². The number of hydrogen-bond donors (Lipinski definition) is 1. The summed E-state index contributed by atoms with van der Waals surface area (Å²) in [5.74, 6) is -0.436. The highest BCUT2D eigenvalue weighted by atomic mass is 19.1. The van der Waals surface area contributed by atoms with Crippen LogP contribution in [0.3, 0.4) is 0 Å². The van der Waals surface area contributed by atoms with Crippen molar-refractivity contribution in [2.24, 2.45) is 7.05 Å². The predicted octanol–water partition coefficient (Wildman–Crippen LogP) is 1.79. The van der Waals surface area contributed by atoms with Gasteiger partial charge in [-0.1, -0.05) is 0 Å². The third-order valence-electron chi connectivity index (χ3n) is 2.99. The van der Waals surface area contributed by atoms with E-state index in [-0.39, 0.29) is 0 Å². The summed E-state index contributed by atoms with van der Waals surface area (Å²) in [4.78, 5) is 3.76. The molecule has 2 heterocycles. The van der Waals surface area contributed by atoms with E-state index in [0.29, 0.717) is 18.4 Å². The molecule has 0 aromatic carbocycles. The van der Waals surface area contributed by atoms with E-state index in [0.717, 1.165) is 11.8 Å². The van der Waals surface area contributed by atoms with Gasteiger partial charge in [-0.2, -0.15) is 5.10 Å². The maximum Gasteiger partial charge on any atom is 0.141 e. The van der Waals surface area contributed by atoms with E-state index >= 15 is 0 Å². The Morgan fingerprint density at radius 2 is 2.17 bits per heavy atom. The van der Waals surface area contributed by atoms with E-state index in [1.807, 2.05) is 13.2 Å². The number of rotatable bonds is 4. The summed E-state index contributed by atoms with van der Waals surface area (Å²) < 4.78 is 14.8. The molecule has 2 aromatic rings. The van der Waals surface area contributed by atoms with Crippen molar-refractivity contribution in [2.75, 3.05) is 0 Å². The van der Waals surface area contributed by atoms with Gasteiger partial charge in [0.2, 0.25) is 0 Å². The van der Waals surface area contributed by atoms with Crippen LogP contribution in [-0.2, 0) is 19.1 Å². The van der Waals surface area contributed by atoms with Gasteiger partial charge in [0.25, 0.3) is 0 Å². The molecular weight excluding hydrogens is 233 g/mol. The molecule has 0 aliphatic rings. The maximum absolute atomic E-state index is 13.1. The molecule has 0 aliphatic heterocycles. The van der Waals surface area contributed by atoms with Crippen LogP contribution in [-0.4, -0.2) is 19.9 Å². The number of aryl methyl sites for hydroxylation is 2. The number of nitrogens with zero attached hydrogens (tertiary/aromatic N) is 3. The van der Waals surface area contributed by atoms with Crippen LogP contribution in [0.25, 0.3) is 0 Å². The van der Waals surface area contributed by atoms with Gasteiger partial charge in [-0.15, -0.1) is 0 Å². The van der Waals surface area contributed by atoms with E-state index < -0.39 is 11.4 Å². The van der Waals surface area contributed by atoms with Crippen LogP contribution in [0.2, 0.25) is 0 Å². The standard InChI is InChI=1S/C13H16FN3O/c1-13(18,11-5-12(14)8-15-7-11)4-3-10-6-16-17(2)9-10/h5-9,18H,3-4H2,1-2H3. The highest BCUT2D eigenvalue weighted by Crippen LogP contribution is 2.25. The zero-order chi connectivity index (χ0) is 13.2. The second kappa shape index (κ2) is 4.86. The van der Waals surface area contributed by atoms with Gasteiger partial charge in [0.1, 0.15) is 5.82 Å². The molecule has 0 bridgehead atoms. The summed E-state index contributed by atoms with van der Waals surface area (Å²) in [5.41, 5.74) is 0.443. The van der Waals surface area contributed by atoms with Crippen LogP contribution in [0.1, 0.15) is 24.5 Å². The van der Waals surface area contributed by atoms with Gasteiger partial charge in [0.15, 0.2) is 0 Å². The van der Waals surface area contributed by atoms with E-state index in [2.05, 4.69) is 10.1 Å². The Hall–Kier alpha value is -1.75. The van der Waals surface area contributed by atoms with Gasteiger partial charge in [0, 0.05) is 25.0 Å². The SMILES string of the molecule is Cn1cc(CCC(C)(O)c2cncc(F)c2)cn1. The molecule has 1 unspecified atom stereocenters. The fourth-order valence-electron chi connectivity index (χ4n) is 1.84. The van der Waals surface area contributed by atoms with Gasteiger partial charge in [-0.25, -0.2) is 4.39 Å². The molecule has 96 valence electrons. The lowest BCUT2D eigenvalue weighted by molar-refractivity contribution is 0.0473. The van der Waals surface area contributed by atoms with Crippen LogP contribution in [0.5, 0.6) is 0 Å². The summed E-state index contributed by atoms with van der Waals surface area (Å²) in [5, 5.41) is 14.4. The Kier molecular flexibility index (Phi) is 3.43. The first-order valence-electron chi connectivity index (χ1n) is 5.78. The Labute approximate surface area is 105 Å². The fraction of sp³-hybridized carbons (Fsp3) is 0.385. The molecule has 0 saturated heterocycles. The number of aliphatic hydroxyl groups is 1. The van der Waals surface area contributed by atoms with Crippen molar-refractivity contribution in [2.45, 2.75) is 25.4 Å². The first kappa shape index (κ1) is 12.7. The fourth-order valence-corrected chi connectivity index (χ4v) is 1.84. The first-order valence-corrected chi connectivity index (χ1v) is 5.78. The lowest BCUT2D eigenvalue weighted by Gasteiger charge is -2.23. The summed E-state index contributed by atoms with van der Waals surface area (Å²) in [6.07, 6.45) is 7.45. The topological polar surface area (TPSA) is 50.9 Å². The number of pyridine rings is 1. The third-order valence-corrected chi connectivity index (χ3v) is 2.99. The Bertz CT molecular complexity index is 537. The van der Waals surface area contributed by atoms with Crippen molar-refractivity contribution in [3.63, 3.8) is 0 Å². The van der Waals surface area contributed by atoms with Gasteiger partial charge in [-0.05, 0) is 31.4 Å². The predicted molar refractivity (Wildman–Crippen MR) is 65.3 cm³/mol. The summed E-state index contributed by atoms with van der Waals surface area (Å²) >= 11 is 0. The van der Waals surface area contributed by atoms with Crippen molar-refractivity contribution >= 4 is 0 Å². The second-order valence-corrected chi connectivity index (χ2v) is 4.69. The molecular formula is C13H16FN3O. The Morgan fingerprint density at radius 3 is 2.78 bits per heavy atom. The zero-order valence-corrected chi connectivity index (χ0v) is 10.5. The highest BCUT2D eigenvalue weighted by Gasteiger charge is 2.23. The molecule has 0 amide bonds. The van der Waals surface area contributed by atoms with E-state index in [1.54, 1.807) is 17.8 Å². The van der Waals surface area contributed by atoms with Crippen molar-refractivity contribution in [3.05, 3.63) is 47.8 Å². The maximum atomic E-state index is 13.1. The average molecular weight is 249 g/mol. The van der Waals surface area contributed by atoms with E-state index in [1.165, 1.54) is 12.3 Å². The quantitative estimate of drug-likeness (QED) is 0.898. The van der Waals surface area contributed by atoms with Gasteiger partial charge in [-0.3, -0.25) is 9.67 Å². The highest BCUT2D eigenvalue weighted by molar-refractivity contribution is 5.18. The first-order chi connectivity index (χ1) is 8.47. The number of aromatic nitrogens is 3. The lowest BCUT2D eigenvalue weighted by atomic mass is 9.91. The minimum Gasteiger partial charge on any atom is -0.385 e. The molecule has 0 fully saturated rings. The van der Waals surface area contributed by atoms with Crippen LogP contribution in [0.15, 0.2) is 30.9 Å². The van der Waals surface area contributed by atoms with E-state index in [4.69, 9.17) is 0 Å². The molecule has 1 N–H and O–H groups in total. The van der Waals surface area contributed by atoms with Crippen LogP contribution in [0.4, 0.5) is 4.39 Å². The smallest absolute Gasteiger partial charge is 0.141 e. The van der Waals surface area contributed by atoms with Crippen molar-refractivity contribution in [3.8, 4) is 0 Å². The zero-order valence-electron chi connectivity index (χ0n) is 10.5. The molecule has 0 radical (unpaired) electrons. The molecule has 0 spiro atoms. The normalized spacial score (nSPS) is 14.4. The average Bonchev–Trinajstić information content (AvgIpc) is 2.73. The van der Waals surface area contributed by atoms with Crippen LogP contribution < -0.4 is 0 Å². The van der Waals surface area contributed by atoms with Gasteiger partial charge < -0.3 is 5.11 Å². The monoisotopic (exact) mass is 249 g/mol. The molecule has 18 heavy (non-hydrogen) atoms. The molecule has 2 aromatic heterocycles. The van der Waals surface area contributed by atoms with Crippen LogP contribution >= 0.6 is 0 Å². The molecule has 2 rings (SSSR count). The summed E-state index contributed by atoms with van der Waals surface area (Å²) in [6.45, 7) is 1.67. The molecule has 1 atom stereocenters. The minimum absolute atomic E-state index is 0.436. The minimum atomic E-state index is -1.09. The van der Waals surface area contributed by atoms with Crippen molar-refractivity contribution in [1.82, 2.24) is 14.8 Å². The molecule has 5 heteroatoms.